The molecule has 0 saturated heterocycles. The molecule has 1 fully saturated rings. The summed E-state index contributed by atoms with van der Waals surface area (Å²) in [6, 6.07) is 9.43. The van der Waals surface area contributed by atoms with Crippen LogP contribution < -0.4 is 5.32 Å². The molecule has 1 aromatic heterocycles. The van der Waals surface area contributed by atoms with Gasteiger partial charge in [-0.3, -0.25) is 4.79 Å². The maximum absolute atomic E-state index is 12.5. The molecule has 5 nitrogen and oxygen atoms in total. The van der Waals surface area contributed by atoms with Crippen molar-refractivity contribution in [3.05, 3.63) is 46.7 Å². The first-order valence-electron chi connectivity index (χ1n) is 7.81. The Bertz CT molecular complexity index is 706. The van der Waals surface area contributed by atoms with Crippen LogP contribution >= 0.6 is 11.6 Å². The van der Waals surface area contributed by atoms with Crippen LogP contribution in [0.15, 0.2) is 30.3 Å². The van der Waals surface area contributed by atoms with Crippen molar-refractivity contribution in [2.75, 3.05) is 6.54 Å². The Morgan fingerprint density at radius 3 is 2.65 bits per heavy atom. The molecule has 1 saturated carbocycles. The number of carbonyl (C=O) groups is 1. The summed E-state index contributed by atoms with van der Waals surface area (Å²) in [6.45, 7) is 2.00. The molecule has 23 heavy (non-hydrogen) atoms. The van der Waals surface area contributed by atoms with Gasteiger partial charge in [0, 0.05) is 6.54 Å². The van der Waals surface area contributed by atoms with Crippen LogP contribution in [-0.2, 0) is 0 Å². The zero-order valence-corrected chi connectivity index (χ0v) is 13.8. The van der Waals surface area contributed by atoms with Crippen molar-refractivity contribution in [3.8, 4) is 5.69 Å². The lowest BCUT2D eigenvalue weighted by molar-refractivity contribution is 0.0449. The van der Waals surface area contributed by atoms with Crippen LogP contribution in [0.25, 0.3) is 5.69 Å². The van der Waals surface area contributed by atoms with Crippen molar-refractivity contribution in [2.24, 2.45) is 0 Å². The highest BCUT2D eigenvalue weighted by Crippen LogP contribution is 2.29. The van der Waals surface area contributed by atoms with Gasteiger partial charge in [-0.25, -0.2) is 4.68 Å². The number of nitrogens with zero attached hydrogens (tertiary/aromatic N) is 2. The third-order valence-electron chi connectivity index (χ3n) is 4.34. The average Bonchev–Trinajstić information content (AvgIpc) is 3.10. The second-order valence-corrected chi connectivity index (χ2v) is 6.47. The number of aliphatic hydroxyl groups is 1. The third-order valence-corrected chi connectivity index (χ3v) is 4.69. The van der Waals surface area contributed by atoms with Crippen LogP contribution in [0.5, 0.6) is 0 Å². The minimum Gasteiger partial charge on any atom is -0.388 e. The van der Waals surface area contributed by atoms with E-state index in [2.05, 4.69) is 10.4 Å². The quantitative estimate of drug-likeness (QED) is 0.904. The van der Waals surface area contributed by atoms with Gasteiger partial charge in [0.15, 0.2) is 0 Å². The average molecular weight is 334 g/mol. The first kappa shape index (κ1) is 16.0. The number of aryl methyl sites for hydroxylation is 1. The van der Waals surface area contributed by atoms with Gasteiger partial charge in [-0.15, -0.1) is 0 Å². The van der Waals surface area contributed by atoms with Crippen molar-refractivity contribution < 1.29 is 9.90 Å². The lowest BCUT2D eigenvalue weighted by Crippen LogP contribution is -2.40. The lowest BCUT2D eigenvalue weighted by atomic mass is 10.0. The zero-order valence-electron chi connectivity index (χ0n) is 13.1. The highest BCUT2D eigenvalue weighted by Gasteiger charge is 2.32. The van der Waals surface area contributed by atoms with Gasteiger partial charge in [0.25, 0.3) is 5.91 Å². The standard InChI is InChI=1S/C17H20ClN3O2/c1-12-14(16(22)19-11-17(23)9-5-6-10-17)15(18)21(20-12)13-7-3-2-4-8-13/h2-4,7-8,23H,5-6,9-11H2,1H3,(H,19,22). The van der Waals surface area contributed by atoms with Crippen molar-refractivity contribution in [1.29, 1.82) is 0 Å². The van der Waals surface area contributed by atoms with Gasteiger partial charge in [0.1, 0.15) is 5.15 Å². The molecule has 0 atom stereocenters. The van der Waals surface area contributed by atoms with Crippen LogP contribution in [0.4, 0.5) is 0 Å². The summed E-state index contributed by atoms with van der Waals surface area (Å²) in [5.74, 6) is -0.296. The number of halogens is 1. The minimum atomic E-state index is -0.786. The van der Waals surface area contributed by atoms with E-state index in [0.29, 0.717) is 11.3 Å². The predicted molar refractivity (Wildman–Crippen MR) is 89.1 cm³/mol. The second kappa shape index (κ2) is 6.34. The summed E-state index contributed by atoms with van der Waals surface area (Å²) >= 11 is 6.37. The lowest BCUT2D eigenvalue weighted by Gasteiger charge is -2.22. The molecule has 2 aromatic rings. The smallest absolute Gasteiger partial charge is 0.256 e. The maximum Gasteiger partial charge on any atom is 0.256 e. The number of hydrogen-bond acceptors (Lipinski definition) is 3. The highest BCUT2D eigenvalue weighted by molar-refractivity contribution is 6.33. The molecule has 2 N–H and O–H groups in total. The van der Waals surface area contributed by atoms with Crippen LogP contribution in [0.3, 0.4) is 0 Å². The fourth-order valence-corrected chi connectivity index (χ4v) is 3.40. The number of para-hydroxylation sites is 1. The number of carbonyl (C=O) groups excluding carboxylic acids is 1. The van der Waals surface area contributed by atoms with E-state index in [1.807, 2.05) is 30.3 Å². The topological polar surface area (TPSA) is 67.2 Å². The first-order valence-corrected chi connectivity index (χ1v) is 8.19. The molecular weight excluding hydrogens is 314 g/mol. The van der Waals surface area contributed by atoms with E-state index < -0.39 is 5.60 Å². The summed E-state index contributed by atoms with van der Waals surface area (Å²) in [5.41, 5.74) is 0.937. The summed E-state index contributed by atoms with van der Waals surface area (Å²) in [7, 11) is 0. The predicted octanol–water partition coefficient (Wildman–Crippen LogP) is 2.87. The number of amides is 1. The van der Waals surface area contributed by atoms with Gasteiger partial charge in [0.05, 0.1) is 22.5 Å². The molecule has 0 spiro atoms. The van der Waals surface area contributed by atoms with E-state index in [4.69, 9.17) is 11.6 Å². The Balaban J connectivity index is 1.80. The Kier molecular flexibility index (Phi) is 4.41. The minimum absolute atomic E-state index is 0.248. The largest absolute Gasteiger partial charge is 0.388 e. The van der Waals surface area contributed by atoms with Crippen LogP contribution in [0.1, 0.15) is 41.7 Å². The Labute approximate surface area is 140 Å². The van der Waals surface area contributed by atoms with Crippen molar-refractivity contribution in [3.63, 3.8) is 0 Å². The fraction of sp³-hybridized carbons (Fsp3) is 0.412. The van der Waals surface area contributed by atoms with Gasteiger partial charge in [0.2, 0.25) is 0 Å². The van der Waals surface area contributed by atoms with E-state index >= 15 is 0 Å². The molecule has 0 radical (unpaired) electrons. The molecule has 1 amide bonds. The molecule has 1 aliphatic rings. The zero-order chi connectivity index (χ0) is 16.4. The number of hydrogen-bond donors (Lipinski definition) is 2. The fourth-order valence-electron chi connectivity index (χ4n) is 3.04. The summed E-state index contributed by atoms with van der Waals surface area (Å²) < 4.78 is 1.55. The number of rotatable bonds is 4. The van der Waals surface area contributed by atoms with E-state index in [1.165, 1.54) is 0 Å². The number of nitrogens with one attached hydrogen (secondary N) is 1. The molecule has 122 valence electrons. The Morgan fingerprint density at radius 2 is 2.00 bits per heavy atom. The van der Waals surface area contributed by atoms with E-state index in [-0.39, 0.29) is 17.6 Å². The summed E-state index contributed by atoms with van der Waals surface area (Å²) in [5, 5.41) is 17.8. The third kappa shape index (κ3) is 3.26. The Morgan fingerprint density at radius 1 is 1.35 bits per heavy atom. The van der Waals surface area contributed by atoms with Gasteiger partial charge in [-0.05, 0) is 31.9 Å². The molecule has 3 rings (SSSR count). The van der Waals surface area contributed by atoms with Gasteiger partial charge >= 0.3 is 0 Å². The summed E-state index contributed by atoms with van der Waals surface area (Å²) in [4.78, 5) is 12.5. The molecule has 6 heteroatoms. The Hall–Kier alpha value is -1.85. The number of aromatic nitrogens is 2. The first-order chi connectivity index (χ1) is 11.0. The molecule has 0 bridgehead atoms. The van der Waals surface area contributed by atoms with Gasteiger partial charge in [-0.1, -0.05) is 42.6 Å². The molecule has 1 heterocycles. The van der Waals surface area contributed by atoms with E-state index in [9.17, 15) is 9.90 Å². The molecule has 1 aromatic carbocycles. The van der Waals surface area contributed by atoms with Crippen LogP contribution in [0.2, 0.25) is 5.15 Å². The number of benzene rings is 1. The molecular formula is C17H20ClN3O2. The van der Waals surface area contributed by atoms with Crippen LogP contribution in [0, 0.1) is 6.92 Å². The van der Waals surface area contributed by atoms with E-state index in [0.717, 1.165) is 31.4 Å². The monoisotopic (exact) mass is 333 g/mol. The second-order valence-electron chi connectivity index (χ2n) is 6.11. The highest BCUT2D eigenvalue weighted by atomic mass is 35.5. The maximum atomic E-state index is 12.5. The summed E-state index contributed by atoms with van der Waals surface area (Å²) in [6.07, 6.45) is 3.45. The van der Waals surface area contributed by atoms with Crippen LogP contribution in [-0.4, -0.2) is 32.9 Å². The molecule has 0 aliphatic heterocycles. The van der Waals surface area contributed by atoms with E-state index in [1.54, 1.807) is 11.6 Å². The SMILES string of the molecule is Cc1nn(-c2ccccc2)c(Cl)c1C(=O)NCC1(O)CCCC1. The molecule has 1 aliphatic carbocycles. The van der Waals surface area contributed by atoms with Crippen molar-refractivity contribution in [1.82, 2.24) is 15.1 Å². The normalized spacial score (nSPS) is 16.5. The van der Waals surface area contributed by atoms with Gasteiger partial charge < -0.3 is 10.4 Å². The van der Waals surface area contributed by atoms with Crippen molar-refractivity contribution >= 4 is 17.5 Å². The molecule has 0 unspecified atom stereocenters. The van der Waals surface area contributed by atoms with Crippen molar-refractivity contribution in [2.45, 2.75) is 38.2 Å². The van der Waals surface area contributed by atoms with Gasteiger partial charge in [-0.2, -0.15) is 5.10 Å².